The van der Waals surface area contributed by atoms with Crippen molar-refractivity contribution < 1.29 is 22.7 Å². The van der Waals surface area contributed by atoms with E-state index in [0.717, 1.165) is 5.56 Å². The summed E-state index contributed by atoms with van der Waals surface area (Å²) >= 11 is 3.26. The number of alkyl halides is 3. The summed E-state index contributed by atoms with van der Waals surface area (Å²) in [6, 6.07) is 4.77. The predicted octanol–water partition coefficient (Wildman–Crippen LogP) is 2.91. The zero-order chi connectivity index (χ0) is 15.2. The second-order valence-electron chi connectivity index (χ2n) is 4.05. The van der Waals surface area contributed by atoms with E-state index in [-0.39, 0.29) is 19.6 Å². The molecule has 0 aliphatic rings. The second-order valence-corrected chi connectivity index (χ2v) is 4.91. The number of hydrogen-bond donors (Lipinski definition) is 2. The van der Waals surface area contributed by atoms with Crippen molar-refractivity contribution in [3.8, 4) is 0 Å². The summed E-state index contributed by atoms with van der Waals surface area (Å²) in [4.78, 5) is 11.3. The van der Waals surface area contributed by atoms with E-state index >= 15 is 0 Å². The summed E-state index contributed by atoms with van der Waals surface area (Å²) in [5, 5.41) is 0. The number of halogens is 4. The van der Waals surface area contributed by atoms with Crippen molar-refractivity contribution in [2.24, 2.45) is 5.84 Å². The molecule has 8 heteroatoms. The average molecular weight is 355 g/mol. The van der Waals surface area contributed by atoms with Crippen LogP contribution >= 0.6 is 15.9 Å². The molecular weight excluding hydrogens is 341 g/mol. The minimum atomic E-state index is -4.15. The third kappa shape index (κ3) is 5.89. The number of rotatable bonds is 6. The first-order valence-electron chi connectivity index (χ1n) is 5.77. The standard InChI is InChI=1S/C12H14BrF3N2O2/c13-10-6-8(11(19)18-17)2-3-9(10)7-20-5-1-4-12(14,15)16/h2-3,6H,1,4-5,7,17H2,(H,18,19). The molecule has 0 heterocycles. The molecule has 0 fully saturated rings. The molecule has 0 radical (unpaired) electrons. The van der Waals surface area contributed by atoms with Crippen LogP contribution in [0, 0.1) is 0 Å². The number of nitrogens with one attached hydrogen (secondary N) is 1. The Hall–Kier alpha value is -1.12. The summed E-state index contributed by atoms with van der Waals surface area (Å²) in [7, 11) is 0. The molecule has 0 atom stereocenters. The Kier molecular flexibility index (Phi) is 6.44. The van der Waals surface area contributed by atoms with Crippen LogP contribution in [0.5, 0.6) is 0 Å². The predicted molar refractivity (Wildman–Crippen MR) is 70.7 cm³/mol. The lowest BCUT2D eigenvalue weighted by Gasteiger charge is -2.09. The summed E-state index contributed by atoms with van der Waals surface area (Å²) in [6.45, 7) is 0.194. The van der Waals surface area contributed by atoms with Gasteiger partial charge in [-0.3, -0.25) is 10.2 Å². The van der Waals surface area contributed by atoms with Crippen molar-refractivity contribution in [1.29, 1.82) is 0 Å². The highest BCUT2D eigenvalue weighted by atomic mass is 79.9. The van der Waals surface area contributed by atoms with Gasteiger partial charge < -0.3 is 4.74 Å². The molecule has 20 heavy (non-hydrogen) atoms. The van der Waals surface area contributed by atoms with Gasteiger partial charge in [-0.25, -0.2) is 5.84 Å². The Morgan fingerprint density at radius 1 is 1.40 bits per heavy atom. The molecule has 0 bridgehead atoms. The number of benzene rings is 1. The topological polar surface area (TPSA) is 64.3 Å². The van der Waals surface area contributed by atoms with Crippen LogP contribution in [0.3, 0.4) is 0 Å². The molecule has 0 aromatic heterocycles. The maximum absolute atomic E-state index is 11.9. The fraction of sp³-hybridized carbons (Fsp3) is 0.417. The first-order chi connectivity index (χ1) is 9.33. The van der Waals surface area contributed by atoms with Crippen LogP contribution in [0.25, 0.3) is 0 Å². The number of ether oxygens (including phenoxy) is 1. The number of carbonyl (C=O) groups is 1. The summed E-state index contributed by atoms with van der Waals surface area (Å²) < 4.78 is 41.5. The monoisotopic (exact) mass is 354 g/mol. The quantitative estimate of drug-likeness (QED) is 0.357. The highest BCUT2D eigenvalue weighted by Gasteiger charge is 2.25. The Morgan fingerprint density at radius 2 is 2.10 bits per heavy atom. The van der Waals surface area contributed by atoms with Gasteiger partial charge in [0, 0.05) is 23.1 Å². The Labute approximate surface area is 122 Å². The van der Waals surface area contributed by atoms with E-state index in [1.54, 1.807) is 18.2 Å². The van der Waals surface area contributed by atoms with E-state index in [1.807, 2.05) is 5.43 Å². The second kappa shape index (κ2) is 7.61. The molecular formula is C12H14BrF3N2O2. The van der Waals surface area contributed by atoms with Gasteiger partial charge in [-0.2, -0.15) is 13.2 Å². The zero-order valence-corrected chi connectivity index (χ0v) is 12.1. The van der Waals surface area contributed by atoms with Crippen molar-refractivity contribution >= 4 is 21.8 Å². The SMILES string of the molecule is NNC(=O)c1ccc(COCCCC(F)(F)F)c(Br)c1. The molecule has 3 N–H and O–H groups in total. The van der Waals surface area contributed by atoms with Crippen molar-refractivity contribution in [3.05, 3.63) is 33.8 Å². The van der Waals surface area contributed by atoms with Crippen molar-refractivity contribution in [2.45, 2.75) is 25.6 Å². The van der Waals surface area contributed by atoms with Crippen LogP contribution in [0.15, 0.2) is 22.7 Å². The molecule has 1 amide bonds. The molecule has 0 aliphatic carbocycles. The van der Waals surface area contributed by atoms with Gasteiger partial charge in [0.15, 0.2) is 0 Å². The van der Waals surface area contributed by atoms with E-state index in [1.165, 1.54) is 0 Å². The fourth-order valence-corrected chi connectivity index (χ4v) is 1.94. The molecule has 4 nitrogen and oxygen atoms in total. The largest absolute Gasteiger partial charge is 0.389 e. The number of amides is 1. The van der Waals surface area contributed by atoms with E-state index in [4.69, 9.17) is 10.6 Å². The maximum Gasteiger partial charge on any atom is 0.389 e. The van der Waals surface area contributed by atoms with E-state index in [9.17, 15) is 18.0 Å². The maximum atomic E-state index is 11.9. The number of nitrogen functional groups attached to an aromatic ring is 1. The van der Waals surface area contributed by atoms with Gasteiger partial charge in [0.1, 0.15) is 0 Å². The number of hydrogen-bond acceptors (Lipinski definition) is 3. The molecule has 1 rings (SSSR count). The van der Waals surface area contributed by atoms with Crippen LogP contribution in [0.4, 0.5) is 13.2 Å². The summed E-state index contributed by atoms with van der Waals surface area (Å²) in [6.07, 6.45) is -5.08. The van der Waals surface area contributed by atoms with Crippen LogP contribution < -0.4 is 11.3 Å². The third-order valence-electron chi connectivity index (χ3n) is 2.45. The normalized spacial score (nSPS) is 11.4. The Bertz CT molecular complexity index is 467. The molecule has 1 aromatic rings. The Morgan fingerprint density at radius 3 is 2.65 bits per heavy atom. The Balaban J connectivity index is 2.43. The van der Waals surface area contributed by atoms with Crippen molar-refractivity contribution in [1.82, 2.24) is 5.43 Å². The molecule has 0 saturated carbocycles. The van der Waals surface area contributed by atoms with Crippen LogP contribution in [0.2, 0.25) is 0 Å². The van der Waals surface area contributed by atoms with Crippen molar-refractivity contribution in [3.63, 3.8) is 0 Å². The molecule has 0 spiro atoms. The van der Waals surface area contributed by atoms with Gasteiger partial charge in [-0.15, -0.1) is 0 Å². The van der Waals surface area contributed by atoms with Gasteiger partial charge in [0.05, 0.1) is 6.61 Å². The molecule has 0 saturated heterocycles. The molecule has 112 valence electrons. The minimum Gasteiger partial charge on any atom is -0.377 e. The van der Waals surface area contributed by atoms with E-state index in [2.05, 4.69) is 15.9 Å². The fourth-order valence-electron chi connectivity index (χ4n) is 1.45. The number of carbonyl (C=O) groups excluding carboxylic acids is 1. The van der Waals surface area contributed by atoms with Crippen molar-refractivity contribution in [2.75, 3.05) is 6.61 Å². The van der Waals surface area contributed by atoms with Gasteiger partial charge in [0.25, 0.3) is 5.91 Å². The lowest BCUT2D eigenvalue weighted by molar-refractivity contribution is -0.138. The minimum absolute atomic E-state index is 0.0248. The van der Waals surface area contributed by atoms with Gasteiger partial charge in [-0.05, 0) is 24.1 Å². The third-order valence-corrected chi connectivity index (χ3v) is 3.19. The molecule has 0 aliphatic heterocycles. The lowest BCUT2D eigenvalue weighted by atomic mass is 10.1. The molecule has 0 unspecified atom stereocenters. The van der Waals surface area contributed by atoms with E-state index in [0.29, 0.717) is 10.0 Å². The van der Waals surface area contributed by atoms with Gasteiger partial charge >= 0.3 is 6.18 Å². The first-order valence-corrected chi connectivity index (χ1v) is 6.56. The van der Waals surface area contributed by atoms with Gasteiger partial charge in [0.2, 0.25) is 0 Å². The molecule has 1 aromatic carbocycles. The number of nitrogens with two attached hydrogens (primary N) is 1. The van der Waals surface area contributed by atoms with Gasteiger partial charge in [-0.1, -0.05) is 22.0 Å². The summed E-state index contributed by atoms with van der Waals surface area (Å²) in [5.74, 6) is 4.58. The zero-order valence-electron chi connectivity index (χ0n) is 10.5. The first kappa shape index (κ1) is 16.9. The highest BCUT2D eigenvalue weighted by Crippen LogP contribution is 2.22. The van der Waals surface area contributed by atoms with E-state index < -0.39 is 18.5 Å². The lowest BCUT2D eigenvalue weighted by Crippen LogP contribution is -2.29. The van der Waals surface area contributed by atoms with Crippen LogP contribution in [-0.2, 0) is 11.3 Å². The smallest absolute Gasteiger partial charge is 0.377 e. The van der Waals surface area contributed by atoms with Crippen LogP contribution in [-0.4, -0.2) is 18.7 Å². The van der Waals surface area contributed by atoms with Crippen LogP contribution in [0.1, 0.15) is 28.8 Å². The highest BCUT2D eigenvalue weighted by molar-refractivity contribution is 9.10. The number of hydrazine groups is 1. The average Bonchev–Trinajstić information content (AvgIpc) is 2.37. The summed E-state index contributed by atoms with van der Waals surface area (Å²) in [5.41, 5.74) is 3.12.